The van der Waals surface area contributed by atoms with Crippen LogP contribution in [0.4, 0.5) is 0 Å². The van der Waals surface area contributed by atoms with Crippen molar-refractivity contribution >= 4 is 17.2 Å². The van der Waals surface area contributed by atoms with Crippen LogP contribution in [-0.4, -0.2) is 5.91 Å². The average Bonchev–Trinajstić information content (AvgIpc) is 2.86. The van der Waals surface area contributed by atoms with Gasteiger partial charge in [0.15, 0.2) is 0 Å². The Morgan fingerprint density at radius 2 is 1.95 bits per heavy atom. The van der Waals surface area contributed by atoms with E-state index in [0.29, 0.717) is 11.5 Å². The Hall–Kier alpha value is -1.85. The first kappa shape index (κ1) is 13.6. The van der Waals surface area contributed by atoms with Gasteiger partial charge in [-0.3, -0.25) is 10.2 Å². The van der Waals surface area contributed by atoms with E-state index in [2.05, 4.69) is 5.43 Å². The summed E-state index contributed by atoms with van der Waals surface area (Å²) < 4.78 is 5.83. The summed E-state index contributed by atoms with van der Waals surface area (Å²) in [6.07, 6.45) is 0. The van der Waals surface area contributed by atoms with Gasteiger partial charge in [-0.25, -0.2) is 5.84 Å². The molecule has 3 N–H and O–H groups in total. The van der Waals surface area contributed by atoms with Crippen LogP contribution >= 0.6 is 11.3 Å². The molecule has 0 radical (unpaired) electrons. The summed E-state index contributed by atoms with van der Waals surface area (Å²) in [5.41, 5.74) is 4.33. The minimum atomic E-state index is -0.275. The number of nitrogens with one attached hydrogen (secondary N) is 1. The Kier molecular flexibility index (Phi) is 4.19. The smallest absolute Gasteiger partial charge is 0.275 e. The maximum absolute atomic E-state index is 11.3. The van der Waals surface area contributed by atoms with Crippen molar-refractivity contribution in [1.29, 1.82) is 0 Å². The van der Waals surface area contributed by atoms with E-state index in [1.54, 1.807) is 6.07 Å². The molecule has 5 heteroatoms. The minimum absolute atomic E-state index is 0.275. The van der Waals surface area contributed by atoms with E-state index in [4.69, 9.17) is 10.6 Å². The van der Waals surface area contributed by atoms with Crippen molar-refractivity contribution in [3.05, 3.63) is 51.2 Å². The van der Waals surface area contributed by atoms with Gasteiger partial charge in [0.05, 0.1) is 4.88 Å². The van der Waals surface area contributed by atoms with Crippen molar-refractivity contribution in [2.75, 3.05) is 0 Å². The summed E-state index contributed by atoms with van der Waals surface area (Å²) >= 11 is 1.38. The number of thiophene rings is 1. The van der Waals surface area contributed by atoms with E-state index in [0.717, 1.165) is 21.8 Å². The number of ether oxygens (including phenoxy) is 1. The number of aryl methyl sites for hydroxylation is 2. The lowest BCUT2D eigenvalue weighted by molar-refractivity contribution is 0.0957. The van der Waals surface area contributed by atoms with Gasteiger partial charge in [0.25, 0.3) is 5.91 Å². The topological polar surface area (TPSA) is 64.3 Å². The SMILES string of the molecule is Cc1cccc(C)c1OCc1ccc(C(=O)NN)s1. The maximum Gasteiger partial charge on any atom is 0.275 e. The van der Waals surface area contributed by atoms with Crippen molar-refractivity contribution in [3.8, 4) is 5.75 Å². The second kappa shape index (κ2) is 5.86. The first-order valence-electron chi connectivity index (χ1n) is 5.90. The van der Waals surface area contributed by atoms with E-state index in [1.165, 1.54) is 11.3 Å². The van der Waals surface area contributed by atoms with Crippen LogP contribution < -0.4 is 16.0 Å². The quantitative estimate of drug-likeness (QED) is 0.512. The number of rotatable bonds is 4. The molecule has 0 aliphatic heterocycles. The molecule has 0 saturated heterocycles. The van der Waals surface area contributed by atoms with Crippen molar-refractivity contribution in [3.63, 3.8) is 0 Å². The molecular weight excluding hydrogens is 260 g/mol. The zero-order chi connectivity index (χ0) is 13.8. The van der Waals surface area contributed by atoms with Gasteiger partial charge >= 0.3 is 0 Å². The molecule has 0 aliphatic carbocycles. The molecule has 100 valence electrons. The van der Waals surface area contributed by atoms with Crippen molar-refractivity contribution < 1.29 is 9.53 Å². The molecular formula is C14H16N2O2S. The van der Waals surface area contributed by atoms with E-state index in [-0.39, 0.29) is 5.91 Å². The second-order valence-corrected chi connectivity index (χ2v) is 5.42. The maximum atomic E-state index is 11.3. The summed E-state index contributed by atoms with van der Waals surface area (Å²) in [5.74, 6) is 5.72. The molecule has 0 spiro atoms. The van der Waals surface area contributed by atoms with Gasteiger partial charge in [-0.15, -0.1) is 11.3 Å². The molecule has 0 atom stereocenters. The van der Waals surface area contributed by atoms with Crippen LogP contribution in [0.2, 0.25) is 0 Å². The third-order valence-corrected chi connectivity index (χ3v) is 3.84. The lowest BCUT2D eigenvalue weighted by Gasteiger charge is -2.10. The van der Waals surface area contributed by atoms with Gasteiger partial charge in [0, 0.05) is 4.88 Å². The number of hydrazine groups is 1. The van der Waals surface area contributed by atoms with Gasteiger partial charge in [-0.1, -0.05) is 18.2 Å². The van der Waals surface area contributed by atoms with Crippen LogP contribution in [0.15, 0.2) is 30.3 Å². The number of carbonyl (C=O) groups is 1. The van der Waals surface area contributed by atoms with E-state index in [9.17, 15) is 4.79 Å². The highest BCUT2D eigenvalue weighted by Gasteiger charge is 2.09. The van der Waals surface area contributed by atoms with E-state index < -0.39 is 0 Å². The number of benzene rings is 1. The number of nitrogen functional groups attached to an aromatic ring is 1. The van der Waals surface area contributed by atoms with Crippen LogP contribution in [0, 0.1) is 13.8 Å². The largest absolute Gasteiger partial charge is 0.488 e. The molecule has 19 heavy (non-hydrogen) atoms. The first-order chi connectivity index (χ1) is 9.11. The Balaban J connectivity index is 2.07. The Bertz CT molecular complexity index is 573. The monoisotopic (exact) mass is 276 g/mol. The van der Waals surface area contributed by atoms with Crippen LogP contribution in [0.3, 0.4) is 0 Å². The molecule has 2 rings (SSSR count). The Labute approximate surface area is 116 Å². The number of nitrogens with two attached hydrogens (primary N) is 1. The number of amides is 1. The number of carbonyl (C=O) groups excluding carboxylic acids is 1. The van der Waals surface area contributed by atoms with E-state index >= 15 is 0 Å². The summed E-state index contributed by atoms with van der Waals surface area (Å²) in [6, 6.07) is 9.67. The highest BCUT2D eigenvalue weighted by molar-refractivity contribution is 7.14. The van der Waals surface area contributed by atoms with Gasteiger partial charge in [0.1, 0.15) is 12.4 Å². The van der Waals surface area contributed by atoms with Crippen LogP contribution in [-0.2, 0) is 6.61 Å². The lowest BCUT2D eigenvalue weighted by atomic mass is 10.1. The van der Waals surface area contributed by atoms with Gasteiger partial charge < -0.3 is 4.74 Å². The van der Waals surface area contributed by atoms with Crippen LogP contribution in [0.1, 0.15) is 25.7 Å². The summed E-state index contributed by atoms with van der Waals surface area (Å²) in [6.45, 7) is 4.49. The highest BCUT2D eigenvalue weighted by Crippen LogP contribution is 2.25. The fourth-order valence-corrected chi connectivity index (χ4v) is 2.64. The molecule has 1 aromatic heterocycles. The average molecular weight is 276 g/mol. The molecule has 1 heterocycles. The number of hydrogen-bond donors (Lipinski definition) is 2. The predicted octanol–water partition coefficient (Wildman–Crippen LogP) is 2.55. The van der Waals surface area contributed by atoms with Gasteiger partial charge in [-0.05, 0) is 37.1 Å². The third-order valence-electron chi connectivity index (χ3n) is 2.78. The second-order valence-electron chi connectivity index (χ2n) is 4.25. The van der Waals surface area contributed by atoms with Gasteiger partial charge in [0.2, 0.25) is 0 Å². The first-order valence-corrected chi connectivity index (χ1v) is 6.72. The van der Waals surface area contributed by atoms with Crippen molar-refractivity contribution in [2.45, 2.75) is 20.5 Å². The molecule has 4 nitrogen and oxygen atoms in total. The normalized spacial score (nSPS) is 10.3. The summed E-state index contributed by atoms with van der Waals surface area (Å²) in [4.78, 5) is 12.9. The fraction of sp³-hybridized carbons (Fsp3) is 0.214. The zero-order valence-corrected chi connectivity index (χ0v) is 11.7. The molecule has 0 bridgehead atoms. The predicted molar refractivity (Wildman–Crippen MR) is 76.2 cm³/mol. The molecule has 0 aliphatic rings. The Morgan fingerprint density at radius 1 is 1.26 bits per heavy atom. The van der Waals surface area contributed by atoms with E-state index in [1.807, 2.05) is 38.1 Å². The molecule has 1 aromatic carbocycles. The Morgan fingerprint density at radius 3 is 2.58 bits per heavy atom. The standard InChI is InChI=1S/C14H16N2O2S/c1-9-4-3-5-10(2)13(9)18-8-11-6-7-12(19-11)14(17)16-15/h3-7H,8,15H2,1-2H3,(H,16,17). The molecule has 0 saturated carbocycles. The van der Waals surface area contributed by atoms with Crippen molar-refractivity contribution in [2.24, 2.45) is 5.84 Å². The molecule has 2 aromatic rings. The van der Waals surface area contributed by atoms with Crippen LogP contribution in [0.5, 0.6) is 5.75 Å². The third kappa shape index (κ3) is 3.13. The fourth-order valence-electron chi connectivity index (χ4n) is 1.82. The van der Waals surface area contributed by atoms with Crippen molar-refractivity contribution in [1.82, 2.24) is 5.43 Å². The lowest BCUT2D eigenvalue weighted by Crippen LogP contribution is -2.29. The minimum Gasteiger partial charge on any atom is -0.488 e. The summed E-state index contributed by atoms with van der Waals surface area (Å²) in [5, 5.41) is 0. The highest BCUT2D eigenvalue weighted by atomic mass is 32.1. The number of para-hydroxylation sites is 1. The molecule has 1 amide bonds. The van der Waals surface area contributed by atoms with Gasteiger partial charge in [-0.2, -0.15) is 0 Å². The zero-order valence-electron chi connectivity index (χ0n) is 10.9. The molecule has 0 unspecified atom stereocenters. The number of hydrogen-bond acceptors (Lipinski definition) is 4. The summed E-state index contributed by atoms with van der Waals surface area (Å²) in [7, 11) is 0. The molecule has 0 fully saturated rings. The van der Waals surface area contributed by atoms with Crippen LogP contribution in [0.25, 0.3) is 0 Å².